The molecule has 0 aromatic heterocycles. The van der Waals surface area contributed by atoms with Crippen LogP contribution in [0, 0.1) is 28.9 Å². The van der Waals surface area contributed by atoms with E-state index in [1.54, 1.807) is 12.1 Å². The van der Waals surface area contributed by atoms with Crippen LogP contribution in [0.2, 0.25) is 0 Å². The van der Waals surface area contributed by atoms with E-state index in [2.05, 4.69) is 26.8 Å². The third-order valence-electron chi connectivity index (χ3n) is 10.8. The Morgan fingerprint density at radius 1 is 0.809 bits per heavy atom. The second-order valence-electron chi connectivity index (χ2n) is 14.3. The summed E-state index contributed by atoms with van der Waals surface area (Å²) in [6.45, 7) is 7.07. The summed E-state index contributed by atoms with van der Waals surface area (Å²) < 4.78 is 41.1. The van der Waals surface area contributed by atoms with Crippen LogP contribution < -0.4 is 4.74 Å². The maximum Gasteiger partial charge on any atom is 0.168 e. The monoisotopic (exact) mass is 646 g/mol. The summed E-state index contributed by atoms with van der Waals surface area (Å²) in [5.41, 5.74) is 2.93. The molecule has 2 aliphatic carbocycles. The molecule has 2 fully saturated rings. The zero-order valence-corrected chi connectivity index (χ0v) is 28.3. The van der Waals surface area contributed by atoms with Gasteiger partial charge < -0.3 is 19.7 Å². The Morgan fingerprint density at radius 3 is 2.19 bits per heavy atom. The van der Waals surface area contributed by atoms with Crippen molar-refractivity contribution in [3.8, 4) is 17.2 Å². The van der Waals surface area contributed by atoms with Gasteiger partial charge >= 0.3 is 0 Å². The lowest BCUT2D eigenvalue weighted by Gasteiger charge is -2.47. The number of rotatable bonds is 13. The van der Waals surface area contributed by atoms with E-state index in [-0.39, 0.29) is 35.2 Å². The van der Waals surface area contributed by atoms with Gasteiger partial charge in [-0.15, -0.1) is 0 Å². The summed E-state index contributed by atoms with van der Waals surface area (Å²) in [6.07, 6.45) is 15.2. The van der Waals surface area contributed by atoms with Gasteiger partial charge in [0.15, 0.2) is 23.1 Å². The Hall–Kier alpha value is -3.38. The molecule has 3 unspecified atom stereocenters. The largest absolute Gasteiger partial charge is 0.505 e. The highest BCUT2D eigenvalue weighted by Gasteiger charge is 2.41. The van der Waals surface area contributed by atoms with Gasteiger partial charge in [-0.25, -0.2) is 8.78 Å². The first kappa shape index (κ1) is 34.9. The predicted molar refractivity (Wildman–Crippen MR) is 185 cm³/mol. The van der Waals surface area contributed by atoms with Gasteiger partial charge in [0.25, 0.3) is 0 Å². The molecule has 2 saturated carbocycles. The highest BCUT2D eigenvalue weighted by Crippen LogP contribution is 2.49. The third kappa shape index (κ3) is 9.16. The second-order valence-corrected chi connectivity index (χ2v) is 14.3. The standard InChI is InChI=1S/C41H52F2O4/c1-4-10-32(14-9-16-36(28-11-6-5-7-12-28)29-17-23-39(44)37(42)25-29)46-33-20-18-30(19-21-33)41(2,3)31-13-8-15-34(26-31)47-35-22-24-40(45)38(43)27-35/h5-7,11-12,16-17,22-25,27,30-34,44-45H,4,8-10,13-15,18-21,26H2,1-3H3/b36-16+. The maximum atomic E-state index is 14.3. The summed E-state index contributed by atoms with van der Waals surface area (Å²) >= 11 is 0. The summed E-state index contributed by atoms with van der Waals surface area (Å²) in [6, 6.07) is 18.9. The molecule has 3 aromatic carbocycles. The Kier molecular flexibility index (Phi) is 12.0. The SMILES string of the molecule is CCCC(CC/C=C(\c1ccccc1)c1ccc(O)c(F)c1)OC1CCC(C(C)(C)C2CCCC(Oc3ccc(O)c(F)c3)C2)CC1. The molecule has 5 rings (SSSR count). The number of aromatic hydroxyl groups is 2. The molecular formula is C41H52F2O4. The maximum absolute atomic E-state index is 14.3. The third-order valence-corrected chi connectivity index (χ3v) is 10.8. The van der Waals surface area contributed by atoms with E-state index in [4.69, 9.17) is 9.47 Å². The molecule has 0 amide bonds. The van der Waals surface area contributed by atoms with Crippen molar-refractivity contribution in [2.45, 2.75) is 116 Å². The average Bonchev–Trinajstić information content (AvgIpc) is 3.07. The van der Waals surface area contributed by atoms with Crippen molar-refractivity contribution in [1.82, 2.24) is 0 Å². The second kappa shape index (κ2) is 16.1. The highest BCUT2D eigenvalue weighted by atomic mass is 19.1. The van der Waals surface area contributed by atoms with Crippen LogP contribution in [-0.2, 0) is 4.74 Å². The normalized spacial score (nSPS) is 23.0. The number of ether oxygens (including phenoxy) is 2. The van der Waals surface area contributed by atoms with Crippen molar-refractivity contribution < 1.29 is 28.5 Å². The Labute approximate surface area is 279 Å². The van der Waals surface area contributed by atoms with Gasteiger partial charge in [0.05, 0.1) is 18.3 Å². The van der Waals surface area contributed by atoms with Gasteiger partial charge in [0.1, 0.15) is 5.75 Å². The summed E-state index contributed by atoms with van der Waals surface area (Å²) in [5, 5.41) is 19.3. The number of phenols is 2. The van der Waals surface area contributed by atoms with Gasteiger partial charge in [-0.2, -0.15) is 0 Å². The Balaban J connectivity index is 1.15. The van der Waals surface area contributed by atoms with Gasteiger partial charge in [-0.3, -0.25) is 0 Å². The molecular weight excluding hydrogens is 594 g/mol. The average molecular weight is 647 g/mol. The fourth-order valence-electron chi connectivity index (χ4n) is 7.94. The van der Waals surface area contributed by atoms with Crippen LogP contribution in [0.1, 0.15) is 109 Å². The molecule has 0 saturated heterocycles. The van der Waals surface area contributed by atoms with Gasteiger partial charge in [-0.05, 0) is 129 Å². The fourth-order valence-corrected chi connectivity index (χ4v) is 7.94. The molecule has 3 atom stereocenters. The van der Waals surface area contributed by atoms with E-state index in [0.29, 0.717) is 17.6 Å². The number of benzene rings is 3. The molecule has 2 N–H and O–H groups in total. The van der Waals surface area contributed by atoms with Gasteiger partial charge in [0.2, 0.25) is 0 Å². The minimum absolute atomic E-state index is 0.0657. The van der Waals surface area contributed by atoms with E-state index < -0.39 is 11.6 Å². The number of hydrogen-bond donors (Lipinski definition) is 2. The van der Waals surface area contributed by atoms with Crippen LogP contribution in [-0.4, -0.2) is 28.5 Å². The van der Waals surface area contributed by atoms with E-state index in [0.717, 1.165) is 87.3 Å². The Bertz CT molecular complexity index is 1460. The zero-order chi connectivity index (χ0) is 33.4. The molecule has 2 aliphatic rings. The topological polar surface area (TPSA) is 58.9 Å². The molecule has 0 spiro atoms. The molecule has 3 aromatic rings. The molecule has 0 bridgehead atoms. The fraction of sp³-hybridized carbons (Fsp3) is 0.512. The van der Waals surface area contributed by atoms with E-state index >= 15 is 0 Å². The molecule has 0 aliphatic heterocycles. The first-order chi connectivity index (χ1) is 22.6. The van der Waals surface area contributed by atoms with E-state index in [1.807, 2.05) is 30.3 Å². The summed E-state index contributed by atoms with van der Waals surface area (Å²) in [5.74, 6) is -0.277. The lowest BCUT2D eigenvalue weighted by Crippen LogP contribution is -2.40. The number of hydrogen-bond acceptors (Lipinski definition) is 4. The van der Waals surface area contributed by atoms with Crippen LogP contribution in [0.5, 0.6) is 17.2 Å². The molecule has 4 nitrogen and oxygen atoms in total. The minimum atomic E-state index is -0.644. The quantitative estimate of drug-likeness (QED) is 0.194. The zero-order valence-electron chi connectivity index (χ0n) is 28.3. The lowest BCUT2D eigenvalue weighted by molar-refractivity contribution is -0.0615. The smallest absolute Gasteiger partial charge is 0.168 e. The number of allylic oxidation sites excluding steroid dienone is 1. The van der Waals surface area contributed by atoms with Crippen molar-refractivity contribution in [2.24, 2.45) is 17.3 Å². The van der Waals surface area contributed by atoms with Crippen LogP contribution in [0.25, 0.3) is 5.57 Å². The predicted octanol–water partition coefficient (Wildman–Crippen LogP) is 11.0. The van der Waals surface area contributed by atoms with Crippen molar-refractivity contribution in [3.63, 3.8) is 0 Å². The van der Waals surface area contributed by atoms with Gasteiger partial charge in [-0.1, -0.05) is 69.7 Å². The molecule has 254 valence electrons. The van der Waals surface area contributed by atoms with E-state index in [1.165, 1.54) is 30.7 Å². The summed E-state index contributed by atoms with van der Waals surface area (Å²) in [4.78, 5) is 0. The van der Waals surface area contributed by atoms with Crippen molar-refractivity contribution in [3.05, 3.63) is 95.6 Å². The van der Waals surface area contributed by atoms with E-state index in [9.17, 15) is 19.0 Å². The van der Waals surface area contributed by atoms with Crippen LogP contribution in [0.3, 0.4) is 0 Å². The lowest BCUT2D eigenvalue weighted by atomic mass is 9.60. The van der Waals surface area contributed by atoms with Crippen LogP contribution in [0.4, 0.5) is 8.78 Å². The number of halogens is 2. The van der Waals surface area contributed by atoms with Crippen molar-refractivity contribution in [2.75, 3.05) is 0 Å². The number of phenolic OH excluding ortho intramolecular Hbond substituents is 2. The Morgan fingerprint density at radius 2 is 1.51 bits per heavy atom. The van der Waals surface area contributed by atoms with Crippen LogP contribution >= 0.6 is 0 Å². The van der Waals surface area contributed by atoms with Crippen molar-refractivity contribution >= 4 is 5.57 Å². The van der Waals surface area contributed by atoms with Crippen LogP contribution in [0.15, 0.2) is 72.8 Å². The first-order valence-corrected chi connectivity index (χ1v) is 17.7. The summed E-state index contributed by atoms with van der Waals surface area (Å²) in [7, 11) is 0. The minimum Gasteiger partial charge on any atom is -0.505 e. The van der Waals surface area contributed by atoms with Crippen molar-refractivity contribution in [1.29, 1.82) is 0 Å². The molecule has 6 heteroatoms. The first-order valence-electron chi connectivity index (χ1n) is 17.7. The molecule has 0 radical (unpaired) electrons. The highest BCUT2D eigenvalue weighted by molar-refractivity contribution is 5.80. The van der Waals surface area contributed by atoms with Gasteiger partial charge in [0, 0.05) is 6.07 Å². The molecule has 47 heavy (non-hydrogen) atoms. The molecule has 0 heterocycles.